The lowest BCUT2D eigenvalue weighted by atomic mass is 9.91. The molecular weight excluding hydrogens is 342 g/mol. The second-order valence-corrected chi connectivity index (χ2v) is 6.67. The number of hydrogen-bond acceptors (Lipinski definition) is 2. The molecule has 0 bridgehead atoms. The number of halogens is 1. The van der Waals surface area contributed by atoms with Crippen LogP contribution in [0.25, 0.3) is 10.9 Å². The van der Waals surface area contributed by atoms with Gasteiger partial charge in [-0.2, -0.15) is 0 Å². The van der Waals surface area contributed by atoms with Crippen molar-refractivity contribution in [3.63, 3.8) is 0 Å². The molecule has 0 amide bonds. The maximum atomic E-state index is 8.67. The van der Waals surface area contributed by atoms with Crippen LogP contribution in [0.3, 0.4) is 0 Å². The van der Waals surface area contributed by atoms with Gasteiger partial charge in [0.1, 0.15) is 0 Å². The molecule has 0 radical (unpaired) electrons. The summed E-state index contributed by atoms with van der Waals surface area (Å²) in [5.41, 5.74) is 4.85. The Morgan fingerprint density at radius 3 is 3.14 bits per heavy atom. The quantitative estimate of drug-likeness (QED) is 0.397. The number of rotatable bonds is 2. The molecule has 0 fully saturated rings. The number of oxime groups is 1. The van der Waals surface area contributed by atoms with Crippen LogP contribution in [0, 0.1) is 0 Å². The van der Waals surface area contributed by atoms with Crippen molar-refractivity contribution in [2.24, 2.45) is 5.16 Å². The fraction of sp³-hybridized carbons (Fsp3) is 0.235. The summed E-state index contributed by atoms with van der Waals surface area (Å²) in [6, 6.07) is 8.69. The summed E-state index contributed by atoms with van der Waals surface area (Å²) >= 11 is 3.57. The van der Waals surface area contributed by atoms with Gasteiger partial charge in [-0.25, -0.2) is 0 Å². The van der Waals surface area contributed by atoms with Crippen LogP contribution in [0.15, 0.2) is 46.3 Å². The number of nitrogens with one attached hydrogen (secondary N) is 1. The second-order valence-electron chi connectivity index (χ2n) is 5.75. The molecule has 1 aliphatic carbocycles. The zero-order valence-corrected chi connectivity index (χ0v) is 13.5. The van der Waals surface area contributed by atoms with Crippen LogP contribution < -0.4 is 0 Å². The van der Waals surface area contributed by atoms with Crippen molar-refractivity contribution in [1.82, 2.24) is 9.55 Å². The van der Waals surface area contributed by atoms with Crippen LogP contribution >= 0.6 is 15.9 Å². The molecule has 0 saturated heterocycles. The summed E-state index contributed by atoms with van der Waals surface area (Å²) in [5.74, 6) is 0. The van der Waals surface area contributed by atoms with Gasteiger partial charge < -0.3 is 14.8 Å². The number of nitrogens with zero attached hydrogens (tertiary/aromatic N) is 2. The molecule has 2 N–H and O–H groups in total. The molecule has 5 heteroatoms. The highest BCUT2D eigenvalue weighted by molar-refractivity contribution is 9.10. The van der Waals surface area contributed by atoms with Crippen LogP contribution in [0.5, 0.6) is 0 Å². The molecule has 22 heavy (non-hydrogen) atoms. The highest BCUT2D eigenvalue weighted by atomic mass is 79.9. The Balaban J connectivity index is 1.82. The van der Waals surface area contributed by atoms with Crippen molar-refractivity contribution in [3.05, 3.63) is 58.0 Å². The first-order valence-corrected chi connectivity index (χ1v) is 8.20. The van der Waals surface area contributed by atoms with Gasteiger partial charge in [0, 0.05) is 39.0 Å². The van der Waals surface area contributed by atoms with Gasteiger partial charge in [0.05, 0.1) is 12.3 Å². The minimum absolute atomic E-state index is 0.316. The van der Waals surface area contributed by atoms with E-state index in [4.69, 9.17) is 5.21 Å². The number of hydrogen-bond donors (Lipinski definition) is 2. The van der Waals surface area contributed by atoms with E-state index >= 15 is 0 Å². The zero-order valence-electron chi connectivity index (χ0n) is 12.0. The summed E-state index contributed by atoms with van der Waals surface area (Å²) in [4.78, 5) is 3.61. The summed E-state index contributed by atoms with van der Waals surface area (Å²) in [6.07, 6.45) is 8.96. The number of fused-ring (bicyclic) bond motifs is 3. The molecule has 0 spiro atoms. The van der Waals surface area contributed by atoms with Gasteiger partial charge in [-0.05, 0) is 49.1 Å². The van der Waals surface area contributed by atoms with Gasteiger partial charge in [-0.3, -0.25) is 0 Å². The average molecular weight is 358 g/mol. The number of aromatic nitrogens is 2. The van der Waals surface area contributed by atoms with Crippen LogP contribution in [0.2, 0.25) is 0 Å². The highest BCUT2D eigenvalue weighted by Gasteiger charge is 2.25. The largest absolute Gasteiger partial charge is 0.411 e. The minimum atomic E-state index is 0.316. The van der Waals surface area contributed by atoms with E-state index in [0.717, 1.165) is 22.9 Å². The third-order valence-corrected chi connectivity index (χ3v) is 4.94. The minimum Gasteiger partial charge on any atom is -0.411 e. The molecule has 3 aromatic rings. The van der Waals surface area contributed by atoms with E-state index in [1.165, 1.54) is 34.8 Å². The standard InChI is InChI=1S/C17H16BrN3O/c18-12-4-5-15-14(8-12)13-2-1-3-16(17(13)20-15)21-7-6-11(10-21)9-19-22/h4-10,16,20,22H,1-3H2/b19-9+. The Morgan fingerprint density at radius 1 is 1.36 bits per heavy atom. The predicted molar refractivity (Wildman–Crippen MR) is 90.9 cm³/mol. The van der Waals surface area contributed by atoms with Gasteiger partial charge in [-0.1, -0.05) is 21.1 Å². The van der Waals surface area contributed by atoms with E-state index in [1.54, 1.807) is 0 Å². The molecule has 0 aliphatic heterocycles. The molecular formula is C17H16BrN3O. The number of aromatic amines is 1. The van der Waals surface area contributed by atoms with Crippen molar-refractivity contribution in [3.8, 4) is 0 Å². The first-order valence-electron chi connectivity index (χ1n) is 7.41. The fourth-order valence-corrected chi connectivity index (χ4v) is 3.84. The van der Waals surface area contributed by atoms with Crippen LogP contribution in [0.4, 0.5) is 0 Å². The van der Waals surface area contributed by atoms with Gasteiger partial charge in [0.2, 0.25) is 0 Å². The lowest BCUT2D eigenvalue weighted by molar-refractivity contribution is 0.322. The van der Waals surface area contributed by atoms with E-state index in [0.29, 0.717) is 6.04 Å². The summed E-state index contributed by atoms with van der Waals surface area (Å²) < 4.78 is 3.32. The van der Waals surface area contributed by atoms with Crippen molar-refractivity contribution < 1.29 is 5.21 Å². The van der Waals surface area contributed by atoms with E-state index in [1.807, 2.05) is 12.3 Å². The summed E-state index contributed by atoms with van der Waals surface area (Å²) in [5, 5.41) is 13.1. The van der Waals surface area contributed by atoms with Gasteiger partial charge in [0.15, 0.2) is 0 Å². The van der Waals surface area contributed by atoms with Crippen LogP contribution in [-0.4, -0.2) is 21.0 Å². The van der Waals surface area contributed by atoms with E-state index in [9.17, 15) is 0 Å². The summed E-state index contributed by atoms with van der Waals surface area (Å²) in [6.45, 7) is 0. The normalized spacial score (nSPS) is 18.1. The molecule has 1 unspecified atom stereocenters. The van der Waals surface area contributed by atoms with Crippen LogP contribution in [0.1, 0.15) is 35.7 Å². The molecule has 2 aromatic heterocycles. The summed E-state index contributed by atoms with van der Waals surface area (Å²) in [7, 11) is 0. The zero-order chi connectivity index (χ0) is 15.1. The maximum Gasteiger partial charge on any atom is 0.0749 e. The van der Waals surface area contributed by atoms with Crippen LogP contribution in [-0.2, 0) is 6.42 Å². The maximum absolute atomic E-state index is 8.67. The average Bonchev–Trinajstić information content (AvgIpc) is 3.12. The first-order chi connectivity index (χ1) is 10.8. The Morgan fingerprint density at radius 2 is 2.27 bits per heavy atom. The number of benzene rings is 1. The molecule has 112 valence electrons. The Bertz CT molecular complexity index is 862. The van der Waals surface area contributed by atoms with Gasteiger partial charge in [0.25, 0.3) is 0 Å². The molecule has 1 atom stereocenters. The molecule has 1 aliphatic rings. The Labute approximate surface area is 136 Å². The lowest BCUT2D eigenvalue weighted by Crippen LogP contribution is -2.15. The second kappa shape index (κ2) is 5.32. The molecule has 0 saturated carbocycles. The Kier molecular flexibility index (Phi) is 3.30. The van der Waals surface area contributed by atoms with Crippen molar-refractivity contribution >= 4 is 33.0 Å². The molecule has 4 rings (SSSR count). The van der Waals surface area contributed by atoms with E-state index < -0.39 is 0 Å². The predicted octanol–water partition coefficient (Wildman–Crippen LogP) is 4.47. The molecule has 4 nitrogen and oxygen atoms in total. The van der Waals surface area contributed by atoms with Gasteiger partial charge >= 0.3 is 0 Å². The van der Waals surface area contributed by atoms with Crippen molar-refractivity contribution in [1.29, 1.82) is 0 Å². The van der Waals surface area contributed by atoms with E-state index in [2.05, 4.69) is 55.0 Å². The lowest BCUT2D eigenvalue weighted by Gasteiger charge is -2.24. The third kappa shape index (κ3) is 2.16. The van der Waals surface area contributed by atoms with Gasteiger partial charge in [-0.15, -0.1) is 0 Å². The molecule has 2 heterocycles. The molecule has 1 aromatic carbocycles. The van der Waals surface area contributed by atoms with Crippen molar-refractivity contribution in [2.45, 2.75) is 25.3 Å². The Hall–Kier alpha value is -2.01. The monoisotopic (exact) mass is 357 g/mol. The topological polar surface area (TPSA) is 53.3 Å². The van der Waals surface area contributed by atoms with E-state index in [-0.39, 0.29) is 0 Å². The number of H-pyrrole nitrogens is 1. The smallest absolute Gasteiger partial charge is 0.0749 e. The van der Waals surface area contributed by atoms with Crippen molar-refractivity contribution in [2.75, 3.05) is 0 Å². The first kappa shape index (κ1) is 13.6. The highest BCUT2D eigenvalue weighted by Crippen LogP contribution is 2.37. The fourth-order valence-electron chi connectivity index (χ4n) is 3.48. The SMILES string of the molecule is O/N=C/c1ccn(C2CCCc3c2[nH]c2ccc(Br)cc32)c1. The third-order valence-electron chi connectivity index (χ3n) is 4.44. The number of aryl methyl sites for hydroxylation is 1.